The van der Waals surface area contributed by atoms with E-state index in [1.165, 1.54) is 23.5 Å². The van der Waals surface area contributed by atoms with Crippen molar-refractivity contribution in [2.45, 2.75) is 6.42 Å². The second-order valence-corrected chi connectivity index (χ2v) is 8.21. The smallest absolute Gasteiger partial charge is 0.321 e. The van der Waals surface area contributed by atoms with Gasteiger partial charge in [0.05, 0.1) is 13.2 Å². The molecule has 31 heavy (non-hydrogen) atoms. The fourth-order valence-corrected chi connectivity index (χ4v) is 4.14. The van der Waals surface area contributed by atoms with E-state index in [0.29, 0.717) is 27.8 Å². The summed E-state index contributed by atoms with van der Waals surface area (Å²) in [5.41, 5.74) is 1.54. The van der Waals surface area contributed by atoms with Crippen LogP contribution in [0.2, 0.25) is 0 Å². The molecule has 1 saturated heterocycles. The van der Waals surface area contributed by atoms with Gasteiger partial charge in [-0.2, -0.15) is 0 Å². The van der Waals surface area contributed by atoms with E-state index >= 15 is 0 Å². The molecule has 0 spiro atoms. The van der Waals surface area contributed by atoms with Gasteiger partial charge in [-0.15, -0.1) is 0 Å². The summed E-state index contributed by atoms with van der Waals surface area (Å²) < 4.78 is 18.5. The molecule has 0 atom stereocenters. The van der Waals surface area contributed by atoms with Crippen molar-refractivity contribution in [3.63, 3.8) is 0 Å². The Bertz CT molecular complexity index is 1020. The average molecular weight is 445 g/mol. The van der Waals surface area contributed by atoms with Gasteiger partial charge < -0.3 is 15.0 Å². The zero-order chi connectivity index (χ0) is 21.6. The molecule has 1 aliphatic rings. The number of fused-ring (bicyclic) bond motifs is 1. The van der Waals surface area contributed by atoms with Crippen LogP contribution in [0.1, 0.15) is 6.42 Å². The van der Waals surface area contributed by atoms with Gasteiger partial charge >= 0.3 is 6.03 Å². The molecule has 0 unspecified atom stereocenters. The second-order valence-electron chi connectivity index (χ2n) is 7.24. The molecule has 1 aliphatic heterocycles. The fourth-order valence-electron chi connectivity index (χ4n) is 3.32. The van der Waals surface area contributed by atoms with Crippen molar-refractivity contribution in [2.24, 2.45) is 0 Å². The summed E-state index contributed by atoms with van der Waals surface area (Å²) in [6, 6.07) is 9.66. The van der Waals surface area contributed by atoms with Crippen molar-refractivity contribution >= 4 is 44.4 Å². The van der Waals surface area contributed by atoms with E-state index in [0.717, 1.165) is 45.0 Å². The summed E-state index contributed by atoms with van der Waals surface area (Å²) in [4.78, 5) is 26.2. The lowest BCUT2D eigenvalue weighted by Gasteiger charge is -2.26. The van der Waals surface area contributed by atoms with Crippen molar-refractivity contribution in [3.05, 3.63) is 42.2 Å². The number of urea groups is 1. The number of pyridine rings is 1. The molecule has 0 aliphatic carbocycles. The highest BCUT2D eigenvalue weighted by atomic mass is 32.1. The quantitative estimate of drug-likeness (QED) is 0.544. The van der Waals surface area contributed by atoms with Gasteiger partial charge in [0.1, 0.15) is 22.0 Å². The Kier molecular flexibility index (Phi) is 6.90. The van der Waals surface area contributed by atoms with Crippen LogP contribution < -0.4 is 15.5 Å². The molecule has 1 fully saturated rings. The van der Waals surface area contributed by atoms with Gasteiger partial charge in [0, 0.05) is 32.4 Å². The number of halogens is 1. The largest absolute Gasteiger partial charge is 0.379 e. The zero-order valence-electron chi connectivity index (χ0n) is 17.3. The Labute approximate surface area is 184 Å². The monoisotopic (exact) mass is 444 g/mol. The third-order valence-corrected chi connectivity index (χ3v) is 5.94. The lowest BCUT2D eigenvalue weighted by molar-refractivity contribution is 0.0375. The molecule has 0 radical (unpaired) electrons. The highest BCUT2D eigenvalue weighted by molar-refractivity contribution is 7.22. The van der Waals surface area contributed by atoms with Gasteiger partial charge in [0.2, 0.25) is 0 Å². The number of anilines is 3. The minimum absolute atomic E-state index is 0.273. The topological polar surface area (TPSA) is 82.6 Å². The van der Waals surface area contributed by atoms with Gasteiger partial charge in [-0.05, 0) is 49.4 Å². The maximum absolute atomic E-state index is 13.2. The summed E-state index contributed by atoms with van der Waals surface area (Å²) in [5, 5.41) is 6.15. The van der Waals surface area contributed by atoms with Crippen molar-refractivity contribution in [3.8, 4) is 0 Å². The number of hydrogen-bond donors (Lipinski definition) is 2. The number of thiazole rings is 1. The van der Waals surface area contributed by atoms with Crippen LogP contribution in [0.5, 0.6) is 0 Å². The van der Waals surface area contributed by atoms with Crippen LogP contribution in [-0.2, 0) is 4.74 Å². The van der Waals surface area contributed by atoms with Crippen LogP contribution in [0, 0.1) is 5.82 Å². The van der Waals surface area contributed by atoms with E-state index in [1.54, 1.807) is 12.1 Å². The first-order chi connectivity index (χ1) is 15.1. The molecule has 10 heteroatoms. The molecule has 164 valence electrons. The Morgan fingerprint density at radius 3 is 2.74 bits per heavy atom. The molecule has 2 amide bonds. The third kappa shape index (κ3) is 5.66. The minimum Gasteiger partial charge on any atom is -0.379 e. The molecule has 4 rings (SSSR count). The van der Waals surface area contributed by atoms with Crippen LogP contribution >= 0.6 is 11.3 Å². The van der Waals surface area contributed by atoms with Crippen molar-refractivity contribution in [2.75, 3.05) is 56.7 Å². The SMILES string of the molecule is CN(c1ccc(F)cc1)c1ccc2nc(NC(=O)NCCCN3CCOCC3)sc2n1. The maximum atomic E-state index is 13.2. The van der Waals surface area contributed by atoms with Crippen molar-refractivity contribution in [1.29, 1.82) is 0 Å². The average Bonchev–Trinajstić information content (AvgIpc) is 3.19. The van der Waals surface area contributed by atoms with Crippen LogP contribution in [0.3, 0.4) is 0 Å². The van der Waals surface area contributed by atoms with E-state index in [-0.39, 0.29) is 11.8 Å². The second kappa shape index (κ2) is 9.99. The molecule has 3 aromatic rings. The fraction of sp³-hybridized carbons (Fsp3) is 0.381. The molecular weight excluding hydrogens is 419 g/mol. The first kappa shape index (κ1) is 21.4. The Morgan fingerprint density at radius 2 is 1.97 bits per heavy atom. The van der Waals surface area contributed by atoms with Crippen LogP contribution in [0.4, 0.5) is 25.8 Å². The Morgan fingerprint density at radius 1 is 1.19 bits per heavy atom. The standard InChI is InChI=1S/C21H25FN6O2S/c1-27(16-5-3-15(22)4-6-16)18-8-7-17-19(25-18)31-21(24-17)26-20(29)23-9-2-10-28-11-13-30-14-12-28/h3-8H,2,9-14H2,1H3,(H2,23,24,26,29). The third-order valence-electron chi connectivity index (χ3n) is 5.06. The number of aromatic nitrogens is 2. The summed E-state index contributed by atoms with van der Waals surface area (Å²) in [6.07, 6.45) is 0.883. The highest BCUT2D eigenvalue weighted by Gasteiger charge is 2.13. The number of nitrogens with zero attached hydrogens (tertiary/aromatic N) is 4. The number of hydrogen-bond acceptors (Lipinski definition) is 7. The highest BCUT2D eigenvalue weighted by Crippen LogP contribution is 2.29. The first-order valence-corrected chi connectivity index (χ1v) is 11.0. The first-order valence-electron chi connectivity index (χ1n) is 10.2. The van der Waals surface area contributed by atoms with Gasteiger partial charge in [0.25, 0.3) is 0 Å². The molecular formula is C21H25FN6O2S. The number of carbonyl (C=O) groups excluding carboxylic acids is 1. The predicted octanol–water partition coefficient (Wildman–Crippen LogP) is 3.44. The minimum atomic E-state index is -0.280. The summed E-state index contributed by atoms with van der Waals surface area (Å²) in [6.45, 7) is 4.99. The number of morpholine rings is 1. The van der Waals surface area contributed by atoms with Gasteiger partial charge in [-0.1, -0.05) is 11.3 Å². The van der Waals surface area contributed by atoms with E-state index in [1.807, 2.05) is 24.1 Å². The van der Waals surface area contributed by atoms with Crippen LogP contribution in [0.15, 0.2) is 36.4 Å². The van der Waals surface area contributed by atoms with Crippen LogP contribution in [0.25, 0.3) is 10.3 Å². The number of amides is 2. The summed E-state index contributed by atoms with van der Waals surface area (Å²) in [5.74, 6) is 0.431. The van der Waals surface area contributed by atoms with Gasteiger partial charge in [-0.25, -0.2) is 19.2 Å². The molecule has 1 aromatic carbocycles. The van der Waals surface area contributed by atoms with E-state index < -0.39 is 0 Å². The molecule has 3 heterocycles. The summed E-state index contributed by atoms with van der Waals surface area (Å²) in [7, 11) is 1.87. The van der Waals surface area contributed by atoms with E-state index in [9.17, 15) is 9.18 Å². The zero-order valence-corrected chi connectivity index (χ0v) is 18.1. The normalized spacial score (nSPS) is 14.5. The van der Waals surface area contributed by atoms with E-state index in [2.05, 4.69) is 25.5 Å². The molecule has 0 saturated carbocycles. The Balaban J connectivity index is 1.31. The summed E-state index contributed by atoms with van der Waals surface area (Å²) >= 11 is 1.31. The van der Waals surface area contributed by atoms with Gasteiger partial charge in [0.15, 0.2) is 5.13 Å². The lowest BCUT2D eigenvalue weighted by Crippen LogP contribution is -2.38. The lowest BCUT2D eigenvalue weighted by atomic mass is 10.3. The van der Waals surface area contributed by atoms with Crippen molar-refractivity contribution in [1.82, 2.24) is 20.2 Å². The predicted molar refractivity (Wildman–Crippen MR) is 121 cm³/mol. The molecule has 2 N–H and O–H groups in total. The Hall–Kier alpha value is -2.82. The van der Waals surface area contributed by atoms with Crippen LogP contribution in [-0.4, -0.2) is 67.3 Å². The number of nitrogens with one attached hydrogen (secondary N) is 2. The number of ether oxygens (including phenoxy) is 1. The molecule has 0 bridgehead atoms. The number of carbonyl (C=O) groups is 1. The number of rotatable bonds is 7. The van der Waals surface area contributed by atoms with Crippen molar-refractivity contribution < 1.29 is 13.9 Å². The molecule has 8 nitrogen and oxygen atoms in total. The van der Waals surface area contributed by atoms with E-state index in [4.69, 9.17) is 4.74 Å². The molecule has 2 aromatic heterocycles. The van der Waals surface area contributed by atoms with Gasteiger partial charge in [-0.3, -0.25) is 10.2 Å². The maximum Gasteiger partial charge on any atom is 0.321 e. The number of benzene rings is 1.